The van der Waals surface area contributed by atoms with Gasteiger partial charge in [0.1, 0.15) is 10.6 Å². The van der Waals surface area contributed by atoms with Crippen LogP contribution in [0.4, 0.5) is 11.4 Å². The minimum Gasteiger partial charge on any atom is -0.495 e. The van der Waals surface area contributed by atoms with Crippen LogP contribution in [-0.2, 0) is 20.2 Å². The van der Waals surface area contributed by atoms with Gasteiger partial charge in [0.2, 0.25) is 5.91 Å². The molecule has 1 aliphatic carbocycles. The van der Waals surface area contributed by atoms with Gasteiger partial charge in [0.15, 0.2) is 0 Å². The number of anilines is 2. The largest absolute Gasteiger partial charge is 0.495 e. The summed E-state index contributed by atoms with van der Waals surface area (Å²) >= 11 is 0. The third kappa shape index (κ3) is 2.38. The van der Waals surface area contributed by atoms with Crippen LogP contribution in [0.5, 0.6) is 5.75 Å². The third-order valence-electron chi connectivity index (χ3n) is 5.04. The summed E-state index contributed by atoms with van der Waals surface area (Å²) in [6, 6.07) is 11.6. The Morgan fingerprint density at radius 3 is 2.60 bits per heavy atom. The monoisotopic (exact) mass is 358 g/mol. The molecule has 0 aromatic heterocycles. The van der Waals surface area contributed by atoms with Gasteiger partial charge < -0.3 is 10.1 Å². The summed E-state index contributed by atoms with van der Waals surface area (Å²) in [6.45, 7) is 0. The van der Waals surface area contributed by atoms with Gasteiger partial charge in [0.25, 0.3) is 10.0 Å². The highest BCUT2D eigenvalue weighted by Gasteiger charge is 2.51. The number of nitrogens with one attached hydrogen (secondary N) is 2. The molecule has 2 aromatic carbocycles. The lowest BCUT2D eigenvalue weighted by atomic mass is 9.65. The van der Waals surface area contributed by atoms with Crippen LogP contribution in [0.15, 0.2) is 47.4 Å². The Morgan fingerprint density at radius 1 is 1.16 bits per heavy atom. The lowest BCUT2D eigenvalue weighted by molar-refractivity contribution is -0.123. The van der Waals surface area contributed by atoms with Gasteiger partial charge in [-0.25, -0.2) is 8.42 Å². The summed E-state index contributed by atoms with van der Waals surface area (Å²) in [5.41, 5.74) is 1.60. The standard InChI is InChI=1S/C18H18N2O4S/c1-24-15-5-2-3-6-16(15)25(22,23)20-12-7-8-14-13(11-12)18(9-4-10-18)17(21)19-14/h2-3,5-8,11,20H,4,9-10H2,1H3,(H,19,21). The van der Waals surface area contributed by atoms with Gasteiger partial charge in [0.05, 0.1) is 12.5 Å². The number of hydrogen-bond acceptors (Lipinski definition) is 4. The average Bonchev–Trinajstić information content (AvgIpc) is 2.85. The number of hydrogen-bond donors (Lipinski definition) is 2. The molecule has 1 saturated carbocycles. The van der Waals surface area contributed by atoms with Crippen molar-refractivity contribution in [1.82, 2.24) is 0 Å². The van der Waals surface area contributed by atoms with Crippen molar-refractivity contribution in [2.45, 2.75) is 29.6 Å². The zero-order valence-electron chi connectivity index (χ0n) is 13.7. The van der Waals surface area contributed by atoms with Crippen molar-refractivity contribution >= 4 is 27.3 Å². The van der Waals surface area contributed by atoms with E-state index in [1.807, 2.05) is 0 Å². The molecule has 25 heavy (non-hydrogen) atoms. The van der Waals surface area contributed by atoms with Gasteiger partial charge in [0, 0.05) is 11.4 Å². The molecule has 1 spiro atoms. The normalized spacial score (nSPS) is 17.6. The summed E-state index contributed by atoms with van der Waals surface area (Å²) in [5.74, 6) is 0.293. The fourth-order valence-electron chi connectivity index (χ4n) is 3.55. The molecule has 6 nitrogen and oxygen atoms in total. The van der Waals surface area contributed by atoms with Crippen LogP contribution in [0.25, 0.3) is 0 Å². The van der Waals surface area contributed by atoms with Crippen LogP contribution in [0.1, 0.15) is 24.8 Å². The molecule has 0 atom stereocenters. The number of para-hydroxylation sites is 1. The zero-order chi connectivity index (χ0) is 17.7. The van der Waals surface area contributed by atoms with E-state index in [0.29, 0.717) is 5.69 Å². The topological polar surface area (TPSA) is 84.5 Å². The number of sulfonamides is 1. The molecule has 7 heteroatoms. The lowest BCUT2D eigenvalue weighted by Gasteiger charge is -2.36. The number of carbonyl (C=O) groups is 1. The fourth-order valence-corrected chi connectivity index (χ4v) is 4.78. The summed E-state index contributed by atoms with van der Waals surface area (Å²) < 4.78 is 33.2. The maximum Gasteiger partial charge on any atom is 0.265 e. The highest BCUT2D eigenvalue weighted by atomic mass is 32.2. The highest BCUT2D eigenvalue weighted by molar-refractivity contribution is 7.92. The number of benzene rings is 2. The Hall–Kier alpha value is -2.54. The predicted molar refractivity (Wildman–Crippen MR) is 94.4 cm³/mol. The van der Waals surface area contributed by atoms with Crippen LogP contribution in [-0.4, -0.2) is 21.4 Å². The molecule has 2 aliphatic rings. The smallest absolute Gasteiger partial charge is 0.265 e. The maximum absolute atomic E-state index is 12.7. The van der Waals surface area contributed by atoms with Crippen molar-refractivity contribution in [2.24, 2.45) is 0 Å². The summed E-state index contributed by atoms with van der Waals surface area (Å²) in [6.07, 6.45) is 2.60. The van der Waals surface area contributed by atoms with Crippen molar-refractivity contribution in [3.8, 4) is 5.75 Å². The van der Waals surface area contributed by atoms with Gasteiger partial charge in [-0.3, -0.25) is 9.52 Å². The van der Waals surface area contributed by atoms with E-state index < -0.39 is 15.4 Å². The third-order valence-corrected chi connectivity index (χ3v) is 6.46. The first-order valence-electron chi connectivity index (χ1n) is 8.08. The number of amides is 1. The summed E-state index contributed by atoms with van der Waals surface area (Å²) in [5, 5.41) is 2.89. The molecule has 0 saturated heterocycles. The average molecular weight is 358 g/mol. The highest BCUT2D eigenvalue weighted by Crippen LogP contribution is 2.51. The molecule has 1 heterocycles. The summed E-state index contributed by atoms with van der Waals surface area (Å²) in [7, 11) is -2.36. The van der Waals surface area contributed by atoms with Crippen LogP contribution in [0.2, 0.25) is 0 Å². The first-order valence-corrected chi connectivity index (χ1v) is 9.56. The minimum absolute atomic E-state index is 0.0125. The van der Waals surface area contributed by atoms with Crippen LogP contribution in [0.3, 0.4) is 0 Å². The number of rotatable bonds is 4. The number of ether oxygens (including phenoxy) is 1. The number of methoxy groups -OCH3 is 1. The van der Waals surface area contributed by atoms with E-state index in [4.69, 9.17) is 4.74 Å². The Bertz CT molecular complexity index is 965. The second kappa shape index (κ2) is 5.49. The van der Waals surface area contributed by atoms with Gasteiger partial charge in [-0.05, 0) is 48.7 Å². The molecule has 2 aromatic rings. The van der Waals surface area contributed by atoms with Crippen LogP contribution in [0, 0.1) is 0 Å². The van der Waals surface area contributed by atoms with Gasteiger partial charge >= 0.3 is 0 Å². The second-order valence-electron chi connectivity index (χ2n) is 6.41. The van der Waals surface area contributed by atoms with Crippen molar-refractivity contribution in [3.63, 3.8) is 0 Å². The Labute approximate surface area is 146 Å². The Kier molecular flexibility index (Phi) is 3.50. The molecule has 1 amide bonds. The second-order valence-corrected chi connectivity index (χ2v) is 8.06. The lowest BCUT2D eigenvalue weighted by Crippen LogP contribution is -2.40. The Morgan fingerprint density at radius 2 is 1.92 bits per heavy atom. The Balaban J connectivity index is 1.70. The zero-order valence-corrected chi connectivity index (χ0v) is 14.5. The van der Waals surface area contributed by atoms with Gasteiger partial charge in [-0.2, -0.15) is 0 Å². The molecule has 0 bridgehead atoms. The molecule has 4 rings (SSSR count). The molecular formula is C18H18N2O4S. The van der Waals surface area contributed by atoms with E-state index in [2.05, 4.69) is 10.0 Å². The molecule has 1 aliphatic heterocycles. The van der Waals surface area contributed by atoms with Crippen molar-refractivity contribution in [3.05, 3.63) is 48.0 Å². The molecular weight excluding hydrogens is 340 g/mol. The predicted octanol–water partition coefficient (Wildman–Crippen LogP) is 2.87. The maximum atomic E-state index is 12.7. The first kappa shape index (κ1) is 16.0. The van der Waals surface area contributed by atoms with E-state index in [9.17, 15) is 13.2 Å². The number of fused-ring (bicyclic) bond motifs is 2. The molecule has 130 valence electrons. The van der Waals surface area contributed by atoms with E-state index in [1.54, 1.807) is 36.4 Å². The van der Waals surface area contributed by atoms with Crippen molar-refractivity contribution in [1.29, 1.82) is 0 Å². The van der Waals surface area contributed by atoms with E-state index in [1.165, 1.54) is 13.2 Å². The van der Waals surface area contributed by atoms with Crippen molar-refractivity contribution < 1.29 is 17.9 Å². The van der Waals surface area contributed by atoms with E-state index in [0.717, 1.165) is 30.5 Å². The van der Waals surface area contributed by atoms with Crippen LogP contribution >= 0.6 is 0 Å². The molecule has 2 N–H and O–H groups in total. The molecule has 1 fully saturated rings. The molecule has 0 radical (unpaired) electrons. The van der Waals surface area contributed by atoms with Gasteiger partial charge in [-0.15, -0.1) is 0 Å². The van der Waals surface area contributed by atoms with E-state index >= 15 is 0 Å². The fraction of sp³-hybridized carbons (Fsp3) is 0.278. The van der Waals surface area contributed by atoms with Crippen molar-refractivity contribution in [2.75, 3.05) is 17.1 Å². The minimum atomic E-state index is -3.79. The van der Waals surface area contributed by atoms with E-state index in [-0.39, 0.29) is 16.6 Å². The first-order chi connectivity index (χ1) is 12.0. The molecule has 0 unspecified atom stereocenters. The van der Waals surface area contributed by atoms with Crippen LogP contribution < -0.4 is 14.8 Å². The SMILES string of the molecule is COc1ccccc1S(=O)(=O)Nc1ccc2c(c1)C1(CCC1)C(=O)N2. The summed E-state index contributed by atoms with van der Waals surface area (Å²) in [4.78, 5) is 12.3. The quantitative estimate of drug-likeness (QED) is 0.880. The van der Waals surface area contributed by atoms with Gasteiger partial charge in [-0.1, -0.05) is 18.6 Å². The number of carbonyl (C=O) groups excluding carboxylic acids is 1.